The van der Waals surface area contributed by atoms with Crippen molar-refractivity contribution in [1.82, 2.24) is 9.55 Å². The first-order valence-electron chi connectivity index (χ1n) is 7.65. The number of hydrogen-bond donors (Lipinski definition) is 1. The Kier molecular flexibility index (Phi) is 5.46. The number of rotatable bonds is 6. The molecule has 1 fully saturated rings. The molecule has 0 aliphatic heterocycles. The molecule has 4 nitrogen and oxygen atoms in total. The van der Waals surface area contributed by atoms with Gasteiger partial charge in [-0.15, -0.1) is 0 Å². The van der Waals surface area contributed by atoms with E-state index in [4.69, 9.17) is 11.6 Å². The van der Waals surface area contributed by atoms with Gasteiger partial charge < -0.3 is 0 Å². The maximum Gasteiger partial charge on any atom is 0.329 e. The minimum atomic E-state index is -0.383. The highest BCUT2D eigenvalue weighted by molar-refractivity contribution is 6.30. The van der Waals surface area contributed by atoms with Crippen LogP contribution in [0.2, 0.25) is 5.15 Å². The molecule has 1 aromatic heterocycles. The van der Waals surface area contributed by atoms with Gasteiger partial charge in [-0.05, 0) is 25.2 Å². The van der Waals surface area contributed by atoms with Gasteiger partial charge in [-0.2, -0.15) is 0 Å². The number of hydrogen-bond acceptors (Lipinski definition) is 2. The van der Waals surface area contributed by atoms with E-state index in [0.29, 0.717) is 18.5 Å². The Balaban J connectivity index is 2.08. The molecule has 1 aliphatic rings. The van der Waals surface area contributed by atoms with Crippen LogP contribution >= 0.6 is 11.6 Å². The Labute approximate surface area is 124 Å². The molecule has 0 atom stereocenters. The Hall–Kier alpha value is -1.03. The molecule has 1 aromatic rings. The van der Waals surface area contributed by atoms with E-state index in [1.807, 2.05) is 6.92 Å². The van der Waals surface area contributed by atoms with E-state index in [1.165, 1.54) is 30.3 Å². The summed E-state index contributed by atoms with van der Waals surface area (Å²) in [5, 5.41) is 0.203. The van der Waals surface area contributed by atoms with Gasteiger partial charge in [-0.3, -0.25) is 14.3 Å². The Bertz CT molecular complexity index is 556. The van der Waals surface area contributed by atoms with Crippen LogP contribution in [0.4, 0.5) is 0 Å². The lowest BCUT2D eigenvalue weighted by molar-refractivity contribution is 0.448. The summed E-state index contributed by atoms with van der Waals surface area (Å²) in [6.45, 7) is 2.49. The third kappa shape index (κ3) is 3.54. The molecule has 0 radical (unpaired) electrons. The fraction of sp³-hybridized carbons (Fsp3) is 0.733. The van der Waals surface area contributed by atoms with Gasteiger partial charge in [0.1, 0.15) is 5.15 Å². The zero-order valence-corrected chi connectivity index (χ0v) is 12.8. The Morgan fingerprint density at radius 1 is 1.30 bits per heavy atom. The van der Waals surface area contributed by atoms with Gasteiger partial charge in [0.05, 0.1) is 5.56 Å². The van der Waals surface area contributed by atoms with E-state index in [1.54, 1.807) is 0 Å². The summed E-state index contributed by atoms with van der Waals surface area (Å²) < 4.78 is 1.31. The molecule has 0 unspecified atom stereocenters. The largest absolute Gasteiger partial charge is 0.329 e. The maximum atomic E-state index is 12.3. The quantitative estimate of drug-likeness (QED) is 0.820. The molecule has 1 aliphatic carbocycles. The monoisotopic (exact) mass is 298 g/mol. The van der Waals surface area contributed by atoms with Crippen molar-refractivity contribution in [3.8, 4) is 0 Å². The van der Waals surface area contributed by atoms with Crippen LogP contribution in [0.5, 0.6) is 0 Å². The second-order valence-corrected chi connectivity index (χ2v) is 6.10. The molecule has 2 rings (SSSR count). The van der Waals surface area contributed by atoms with E-state index in [-0.39, 0.29) is 16.4 Å². The first-order valence-corrected chi connectivity index (χ1v) is 8.02. The summed E-state index contributed by atoms with van der Waals surface area (Å²) >= 11 is 5.95. The second kappa shape index (κ2) is 7.11. The Morgan fingerprint density at radius 2 is 2.00 bits per heavy atom. The zero-order chi connectivity index (χ0) is 14.5. The van der Waals surface area contributed by atoms with Gasteiger partial charge in [0.2, 0.25) is 0 Å². The van der Waals surface area contributed by atoms with Crippen LogP contribution in [0.3, 0.4) is 0 Å². The Morgan fingerprint density at radius 3 is 2.65 bits per heavy atom. The third-order valence-electron chi connectivity index (χ3n) is 4.20. The summed E-state index contributed by atoms with van der Waals surface area (Å²) in [6.07, 6.45) is 8.69. The first kappa shape index (κ1) is 15.4. The van der Waals surface area contributed by atoms with E-state index < -0.39 is 0 Å². The van der Waals surface area contributed by atoms with Gasteiger partial charge in [-0.1, -0.05) is 50.6 Å². The van der Waals surface area contributed by atoms with Crippen molar-refractivity contribution in [2.24, 2.45) is 5.92 Å². The number of nitrogens with zero attached hydrogens (tertiary/aromatic N) is 1. The molecule has 1 N–H and O–H groups in total. The molecule has 0 aromatic carbocycles. The molecular weight excluding hydrogens is 276 g/mol. The average molecular weight is 299 g/mol. The van der Waals surface area contributed by atoms with Gasteiger partial charge in [-0.25, -0.2) is 4.79 Å². The molecule has 20 heavy (non-hydrogen) atoms. The SMILES string of the molecule is CCCc1c(Cl)[nH]c(=O)n(CCCC2CCCC2)c1=O. The smallest absolute Gasteiger partial charge is 0.297 e. The molecule has 0 saturated heterocycles. The highest BCUT2D eigenvalue weighted by atomic mass is 35.5. The lowest BCUT2D eigenvalue weighted by Gasteiger charge is -2.11. The standard InChI is InChI=1S/C15H23ClN2O2/c1-2-6-12-13(16)17-15(20)18(14(12)19)10-5-9-11-7-3-4-8-11/h11H,2-10H2,1H3,(H,17,20). The van der Waals surface area contributed by atoms with Gasteiger partial charge in [0.15, 0.2) is 0 Å². The van der Waals surface area contributed by atoms with Crippen LogP contribution < -0.4 is 11.2 Å². The minimum Gasteiger partial charge on any atom is -0.297 e. The van der Waals surface area contributed by atoms with Crippen LogP contribution in [0, 0.1) is 5.92 Å². The molecular formula is C15H23ClN2O2. The molecule has 112 valence electrons. The van der Waals surface area contributed by atoms with E-state index >= 15 is 0 Å². The van der Waals surface area contributed by atoms with Crippen LogP contribution in [0.15, 0.2) is 9.59 Å². The highest BCUT2D eigenvalue weighted by Gasteiger charge is 2.16. The average Bonchev–Trinajstić information content (AvgIpc) is 2.91. The highest BCUT2D eigenvalue weighted by Crippen LogP contribution is 2.28. The first-order chi connectivity index (χ1) is 9.63. The zero-order valence-electron chi connectivity index (χ0n) is 12.1. The van der Waals surface area contributed by atoms with Crippen molar-refractivity contribution in [3.63, 3.8) is 0 Å². The van der Waals surface area contributed by atoms with E-state index in [0.717, 1.165) is 25.2 Å². The molecule has 5 heteroatoms. The summed E-state index contributed by atoms with van der Waals surface area (Å²) in [7, 11) is 0. The second-order valence-electron chi connectivity index (χ2n) is 5.72. The maximum absolute atomic E-state index is 12.3. The predicted octanol–water partition coefficient (Wildman–Crippen LogP) is 3.11. The van der Waals surface area contributed by atoms with Crippen molar-refractivity contribution < 1.29 is 0 Å². The number of H-pyrrole nitrogens is 1. The number of aromatic amines is 1. The number of aromatic nitrogens is 2. The van der Waals surface area contributed by atoms with Crippen LogP contribution in [-0.4, -0.2) is 9.55 Å². The predicted molar refractivity (Wildman–Crippen MR) is 81.5 cm³/mol. The molecule has 1 heterocycles. The van der Waals surface area contributed by atoms with Crippen molar-refractivity contribution in [2.75, 3.05) is 0 Å². The lowest BCUT2D eigenvalue weighted by Crippen LogP contribution is -2.37. The molecule has 0 spiro atoms. The molecule has 1 saturated carbocycles. The van der Waals surface area contributed by atoms with E-state index in [2.05, 4.69) is 4.98 Å². The van der Waals surface area contributed by atoms with E-state index in [9.17, 15) is 9.59 Å². The topological polar surface area (TPSA) is 54.9 Å². The van der Waals surface area contributed by atoms with Gasteiger partial charge in [0, 0.05) is 6.54 Å². The summed E-state index contributed by atoms with van der Waals surface area (Å²) in [5.41, 5.74) is -0.0621. The van der Waals surface area contributed by atoms with Crippen molar-refractivity contribution in [3.05, 3.63) is 31.6 Å². The fourth-order valence-electron chi connectivity index (χ4n) is 3.09. The summed E-state index contributed by atoms with van der Waals surface area (Å²) in [5.74, 6) is 0.784. The van der Waals surface area contributed by atoms with Crippen LogP contribution in [0.1, 0.15) is 57.4 Å². The normalized spacial score (nSPS) is 15.9. The molecule has 0 amide bonds. The minimum absolute atomic E-state index is 0.203. The number of halogens is 1. The summed E-state index contributed by atoms with van der Waals surface area (Å²) in [4.78, 5) is 26.7. The van der Waals surface area contributed by atoms with Crippen LogP contribution in [-0.2, 0) is 13.0 Å². The lowest BCUT2D eigenvalue weighted by atomic mass is 10.0. The number of nitrogens with one attached hydrogen (secondary N) is 1. The molecule has 0 bridgehead atoms. The van der Waals surface area contributed by atoms with Crippen molar-refractivity contribution >= 4 is 11.6 Å². The van der Waals surface area contributed by atoms with Crippen LogP contribution in [0.25, 0.3) is 0 Å². The third-order valence-corrected chi connectivity index (χ3v) is 4.52. The fourth-order valence-corrected chi connectivity index (χ4v) is 3.35. The summed E-state index contributed by atoms with van der Waals surface area (Å²) in [6, 6.07) is 0. The van der Waals surface area contributed by atoms with Gasteiger partial charge in [0.25, 0.3) is 5.56 Å². The van der Waals surface area contributed by atoms with Crippen molar-refractivity contribution in [1.29, 1.82) is 0 Å². The van der Waals surface area contributed by atoms with Gasteiger partial charge >= 0.3 is 5.69 Å². The van der Waals surface area contributed by atoms with Crippen molar-refractivity contribution in [2.45, 2.75) is 64.8 Å².